The number of rotatable bonds is 5. The minimum atomic E-state index is -0.174. The van der Waals surface area contributed by atoms with Gasteiger partial charge in [0.1, 0.15) is 5.69 Å². The first kappa shape index (κ1) is 12.4. The third kappa shape index (κ3) is 2.99. The predicted octanol–water partition coefficient (Wildman–Crippen LogP) is 1.87. The van der Waals surface area contributed by atoms with Crippen LogP contribution < -0.4 is 5.32 Å². The lowest BCUT2D eigenvalue weighted by molar-refractivity contribution is 0.0925. The van der Waals surface area contributed by atoms with Gasteiger partial charge in [0.05, 0.1) is 6.04 Å². The molecule has 3 N–H and O–H groups in total. The van der Waals surface area contributed by atoms with Crippen LogP contribution in [-0.2, 0) is 0 Å². The zero-order chi connectivity index (χ0) is 12.8. The average Bonchev–Trinajstić information content (AvgIpc) is 2.93. The Morgan fingerprint density at radius 3 is 2.61 bits per heavy atom. The van der Waals surface area contributed by atoms with Crippen molar-refractivity contribution < 1.29 is 9.90 Å². The molecule has 0 aliphatic rings. The molecule has 0 bridgehead atoms. The number of benzene rings is 1. The van der Waals surface area contributed by atoms with Crippen LogP contribution in [0.5, 0.6) is 0 Å². The van der Waals surface area contributed by atoms with Crippen molar-refractivity contribution >= 4 is 5.91 Å². The molecule has 0 radical (unpaired) electrons. The van der Waals surface area contributed by atoms with Gasteiger partial charge < -0.3 is 15.4 Å². The Labute approximate surface area is 106 Å². The number of aromatic nitrogens is 1. The van der Waals surface area contributed by atoms with E-state index in [1.54, 1.807) is 18.3 Å². The molecule has 0 fully saturated rings. The van der Waals surface area contributed by atoms with Crippen LogP contribution in [0.1, 0.15) is 28.5 Å². The maximum absolute atomic E-state index is 11.9. The van der Waals surface area contributed by atoms with Crippen molar-refractivity contribution in [3.63, 3.8) is 0 Å². The molecule has 4 heteroatoms. The van der Waals surface area contributed by atoms with Gasteiger partial charge in [-0.1, -0.05) is 30.3 Å². The van der Waals surface area contributed by atoms with Crippen molar-refractivity contribution in [1.82, 2.24) is 10.3 Å². The zero-order valence-electron chi connectivity index (χ0n) is 9.97. The lowest BCUT2D eigenvalue weighted by atomic mass is 10.0. The minimum Gasteiger partial charge on any atom is -0.396 e. The summed E-state index contributed by atoms with van der Waals surface area (Å²) in [5.41, 5.74) is 1.51. The molecule has 1 atom stereocenters. The molecule has 0 saturated carbocycles. The van der Waals surface area contributed by atoms with E-state index in [9.17, 15) is 4.79 Å². The number of hydrogen-bond donors (Lipinski definition) is 3. The molecule has 2 aromatic rings. The first-order valence-corrected chi connectivity index (χ1v) is 5.91. The van der Waals surface area contributed by atoms with Gasteiger partial charge in [0.15, 0.2) is 0 Å². The molecule has 0 spiro atoms. The van der Waals surface area contributed by atoms with Gasteiger partial charge >= 0.3 is 0 Å². The van der Waals surface area contributed by atoms with E-state index in [4.69, 9.17) is 5.11 Å². The fourth-order valence-electron chi connectivity index (χ4n) is 1.84. The van der Waals surface area contributed by atoms with E-state index in [-0.39, 0.29) is 18.6 Å². The van der Waals surface area contributed by atoms with Gasteiger partial charge in [0.25, 0.3) is 5.91 Å². The molecular formula is C14H16N2O2. The Morgan fingerprint density at radius 1 is 1.22 bits per heavy atom. The maximum atomic E-state index is 11.9. The summed E-state index contributed by atoms with van der Waals surface area (Å²) < 4.78 is 0. The number of nitrogens with one attached hydrogen (secondary N) is 2. The van der Waals surface area contributed by atoms with Crippen molar-refractivity contribution in [2.75, 3.05) is 6.61 Å². The van der Waals surface area contributed by atoms with Crippen LogP contribution in [0.4, 0.5) is 0 Å². The van der Waals surface area contributed by atoms with Gasteiger partial charge in [-0.2, -0.15) is 0 Å². The van der Waals surface area contributed by atoms with Crippen molar-refractivity contribution in [3.8, 4) is 0 Å². The van der Waals surface area contributed by atoms with E-state index < -0.39 is 0 Å². The molecular weight excluding hydrogens is 228 g/mol. The second-order valence-electron chi connectivity index (χ2n) is 4.03. The smallest absolute Gasteiger partial charge is 0.268 e. The van der Waals surface area contributed by atoms with Crippen LogP contribution in [-0.4, -0.2) is 22.6 Å². The van der Waals surface area contributed by atoms with E-state index in [1.807, 2.05) is 30.3 Å². The molecule has 18 heavy (non-hydrogen) atoms. The van der Waals surface area contributed by atoms with Gasteiger partial charge in [-0.3, -0.25) is 4.79 Å². The van der Waals surface area contributed by atoms with E-state index >= 15 is 0 Å². The summed E-state index contributed by atoms with van der Waals surface area (Å²) in [6.45, 7) is 0.0323. The largest absolute Gasteiger partial charge is 0.396 e. The molecule has 1 amide bonds. The van der Waals surface area contributed by atoms with Gasteiger partial charge in [-0.05, 0) is 24.1 Å². The van der Waals surface area contributed by atoms with Crippen LogP contribution >= 0.6 is 0 Å². The molecule has 1 unspecified atom stereocenters. The Hall–Kier alpha value is -2.07. The molecule has 4 nitrogen and oxygen atoms in total. The molecule has 0 aliphatic heterocycles. The summed E-state index contributed by atoms with van der Waals surface area (Å²) in [6.07, 6.45) is 2.20. The fraction of sp³-hybridized carbons (Fsp3) is 0.214. The third-order valence-electron chi connectivity index (χ3n) is 2.77. The molecule has 1 aromatic heterocycles. The standard InChI is InChI=1S/C14H16N2O2/c17-10-8-12(11-5-2-1-3-6-11)16-14(18)13-7-4-9-15-13/h1-7,9,12,15,17H,8,10H2,(H,16,18). The summed E-state index contributed by atoms with van der Waals surface area (Å²) in [5.74, 6) is -0.165. The summed E-state index contributed by atoms with van der Waals surface area (Å²) in [4.78, 5) is 14.8. The van der Waals surface area contributed by atoms with Gasteiger partial charge in [0.2, 0.25) is 0 Å². The Balaban J connectivity index is 2.10. The second-order valence-corrected chi connectivity index (χ2v) is 4.03. The van der Waals surface area contributed by atoms with Gasteiger partial charge in [-0.25, -0.2) is 0 Å². The lowest BCUT2D eigenvalue weighted by Gasteiger charge is -2.17. The monoisotopic (exact) mass is 244 g/mol. The number of carbonyl (C=O) groups is 1. The van der Waals surface area contributed by atoms with E-state index in [2.05, 4.69) is 10.3 Å². The van der Waals surface area contributed by atoms with Gasteiger partial charge in [0, 0.05) is 12.8 Å². The van der Waals surface area contributed by atoms with Crippen LogP contribution in [0.25, 0.3) is 0 Å². The van der Waals surface area contributed by atoms with Crippen LogP contribution in [0, 0.1) is 0 Å². The summed E-state index contributed by atoms with van der Waals surface area (Å²) in [7, 11) is 0. The van der Waals surface area contributed by atoms with Crippen molar-refractivity contribution in [1.29, 1.82) is 0 Å². The van der Waals surface area contributed by atoms with Crippen LogP contribution in [0.15, 0.2) is 48.7 Å². The van der Waals surface area contributed by atoms with Crippen LogP contribution in [0.2, 0.25) is 0 Å². The molecule has 1 aromatic carbocycles. The number of H-pyrrole nitrogens is 1. The van der Waals surface area contributed by atoms with Crippen molar-refractivity contribution in [2.24, 2.45) is 0 Å². The summed E-state index contributed by atoms with van der Waals surface area (Å²) in [6, 6.07) is 13.0. The first-order valence-electron chi connectivity index (χ1n) is 5.91. The lowest BCUT2D eigenvalue weighted by Crippen LogP contribution is -2.29. The van der Waals surface area contributed by atoms with Gasteiger partial charge in [-0.15, -0.1) is 0 Å². The SMILES string of the molecule is O=C(NC(CCO)c1ccccc1)c1ccc[nH]1. The van der Waals surface area contributed by atoms with Crippen molar-refractivity contribution in [2.45, 2.75) is 12.5 Å². The topological polar surface area (TPSA) is 65.1 Å². The number of aliphatic hydroxyl groups excluding tert-OH is 1. The highest BCUT2D eigenvalue weighted by Gasteiger charge is 2.15. The van der Waals surface area contributed by atoms with Crippen LogP contribution in [0.3, 0.4) is 0 Å². The number of aromatic amines is 1. The summed E-state index contributed by atoms with van der Waals surface area (Å²) >= 11 is 0. The molecule has 2 rings (SSSR count). The Bertz CT molecular complexity index is 480. The normalized spacial score (nSPS) is 12.1. The van der Waals surface area contributed by atoms with E-state index in [0.29, 0.717) is 12.1 Å². The second kappa shape index (κ2) is 6.02. The number of amides is 1. The quantitative estimate of drug-likeness (QED) is 0.751. The third-order valence-corrected chi connectivity index (χ3v) is 2.77. The first-order chi connectivity index (χ1) is 8.81. The zero-order valence-corrected chi connectivity index (χ0v) is 9.97. The predicted molar refractivity (Wildman–Crippen MR) is 69.1 cm³/mol. The molecule has 1 heterocycles. The minimum absolute atomic E-state index is 0.0323. The maximum Gasteiger partial charge on any atom is 0.268 e. The summed E-state index contributed by atoms with van der Waals surface area (Å²) in [5, 5.41) is 12.0. The van der Waals surface area contributed by atoms with Crippen molar-refractivity contribution in [3.05, 3.63) is 59.9 Å². The number of hydrogen-bond acceptors (Lipinski definition) is 2. The highest BCUT2D eigenvalue weighted by molar-refractivity contribution is 5.92. The highest BCUT2D eigenvalue weighted by Crippen LogP contribution is 2.16. The highest BCUT2D eigenvalue weighted by atomic mass is 16.3. The Kier molecular flexibility index (Phi) is 4.15. The van der Waals surface area contributed by atoms with E-state index in [1.165, 1.54) is 0 Å². The molecule has 0 saturated heterocycles. The Morgan fingerprint density at radius 2 is 2.00 bits per heavy atom. The number of aliphatic hydroxyl groups is 1. The number of carbonyl (C=O) groups excluding carboxylic acids is 1. The average molecular weight is 244 g/mol. The molecule has 0 aliphatic carbocycles. The molecule has 94 valence electrons. The fourth-order valence-corrected chi connectivity index (χ4v) is 1.84. The van der Waals surface area contributed by atoms with E-state index in [0.717, 1.165) is 5.56 Å².